The lowest BCUT2D eigenvalue weighted by atomic mass is 9.90. The molecule has 0 aromatic heterocycles. The van der Waals surface area contributed by atoms with Gasteiger partial charge in [0.25, 0.3) is 0 Å². The van der Waals surface area contributed by atoms with Crippen molar-refractivity contribution < 1.29 is 9.53 Å². The average Bonchev–Trinajstić information content (AvgIpc) is 2.57. The van der Waals surface area contributed by atoms with Crippen molar-refractivity contribution in [2.75, 3.05) is 19.6 Å². The number of nitrogens with zero attached hydrogens (tertiary/aromatic N) is 1. The van der Waals surface area contributed by atoms with Gasteiger partial charge in [0.1, 0.15) is 17.9 Å². The summed E-state index contributed by atoms with van der Waals surface area (Å²) in [5, 5.41) is 9.52. The van der Waals surface area contributed by atoms with Gasteiger partial charge in [0.15, 0.2) is 5.96 Å². The number of hydrogen-bond acceptors (Lipinski definition) is 3. The van der Waals surface area contributed by atoms with Crippen molar-refractivity contribution in [2.45, 2.75) is 52.2 Å². The molecular formula is C19H30N4O2. The number of nitrogens with one attached hydrogen (secondary N) is 3. The van der Waals surface area contributed by atoms with Gasteiger partial charge in [0, 0.05) is 25.1 Å². The summed E-state index contributed by atoms with van der Waals surface area (Å²) in [6, 6.07) is 8.13. The second kappa shape index (κ2) is 8.74. The molecule has 6 heteroatoms. The highest BCUT2D eigenvalue weighted by atomic mass is 16.5. The molecule has 2 rings (SSSR count). The molecule has 0 fully saturated rings. The summed E-state index contributed by atoms with van der Waals surface area (Å²) in [6.45, 7) is 9.73. The molecule has 0 bridgehead atoms. The minimum Gasteiger partial charge on any atom is -0.487 e. The maximum Gasteiger partial charge on any atom is 0.241 e. The van der Waals surface area contributed by atoms with Crippen molar-refractivity contribution >= 4 is 11.9 Å². The van der Waals surface area contributed by atoms with E-state index in [1.54, 1.807) is 0 Å². The smallest absolute Gasteiger partial charge is 0.241 e. The van der Waals surface area contributed by atoms with E-state index in [-0.39, 0.29) is 24.1 Å². The molecule has 1 atom stereocenters. The number of fused-ring (bicyclic) bond motifs is 1. The number of para-hydroxylation sites is 1. The molecule has 0 saturated heterocycles. The lowest BCUT2D eigenvalue weighted by molar-refractivity contribution is -0.119. The number of ether oxygens (including phenoxy) is 1. The van der Waals surface area contributed by atoms with Gasteiger partial charge >= 0.3 is 0 Å². The number of carbonyl (C=O) groups is 1. The first-order chi connectivity index (χ1) is 11.9. The van der Waals surface area contributed by atoms with Gasteiger partial charge in [0.2, 0.25) is 5.91 Å². The van der Waals surface area contributed by atoms with Gasteiger partial charge in [-0.3, -0.25) is 4.79 Å². The van der Waals surface area contributed by atoms with E-state index in [1.165, 1.54) is 0 Å². The fraction of sp³-hybridized carbons (Fsp3) is 0.579. The van der Waals surface area contributed by atoms with Crippen molar-refractivity contribution in [3.8, 4) is 5.75 Å². The van der Waals surface area contributed by atoms with Gasteiger partial charge in [-0.15, -0.1) is 0 Å². The number of benzene rings is 1. The molecular weight excluding hydrogens is 316 g/mol. The molecule has 1 aliphatic rings. The Morgan fingerprint density at radius 2 is 2.04 bits per heavy atom. The fourth-order valence-electron chi connectivity index (χ4n) is 2.89. The van der Waals surface area contributed by atoms with Crippen LogP contribution in [0.15, 0.2) is 29.3 Å². The topological polar surface area (TPSA) is 74.8 Å². The minimum absolute atomic E-state index is 0.0632. The van der Waals surface area contributed by atoms with Crippen LogP contribution in [0.25, 0.3) is 0 Å². The molecule has 1 unspecified atom stereocenters. The monoisotopic (exact) mass is 346 g/mol. The van der Waals surface area contributed by atoms with Crippen LogP contribution < -0.4 is 20.7 Å². The van der Waals surface area contributed by atoms with Gasteiger partial charge in [0.05, 0.1) is 6.04 Å². The van der Waals surface area contributed by atoms with Crippen LogP contribution in [-0.4, -0.2) is 37.1 Å². The molecule has 25 heavy (non-hydrogen) atoms. The standard InChI is InChI=1S/C19H30N4O2/c1-5-11-21-17(24)13-22-18(20-6-2)23-15-12-19(3,4)25-16-10-8-7-9-14(15)16/h7-10,15H,5-6,11-13H2,1-4H3,(H,21,24)(H2,20,22,23). The number of amides is 1. The van der Waals surface area contributed by atoms with Crippen molar-refractivity contribution in [1.82, 2.24) is 16.0 Å². The van der Waals surface area contributed by atoms with Crippen molar-refractivity contribution in [3.63, 3.8) is 0 Å². The van der Waals surface area contributed by atoms with Gasteiger partial charge in [-0.2, -0.15) is 0 Å². The zero-order valence-corrected chi connectivity index (χ0v) is 15.7. The molecule has 138 valence electrons. The summed E-state index contributed by atoms with van der Waals surface area (Å²) in [5.74, 6) is 1.48. The van der Waals surface area contributed by atoms with Gasteiger partial charge < -0.3 is 20.7 Å². The van der Waals surface area contributed by atoms with Crippen molar-refractivity contribution in [2.24, 2.45) is 4.99 Å². The molecule has 0 saturated carbocycles. The molecule has 3 N–H and O–H groups in total. The quantitative estimate of drug-likeness (QED) is 0.546. The van der Waals surface area contributed by atoms with Crippen molar-refractivity contribution in [1.29, 1.82) is 0 Å². The van der Waals surface area contributed by atoms with Crippen LogP contribution >= 0.6 is 0 Å². The first kappa shape index (κ1) is 19.1. The van der Waals surface area contributed by atoms with E-state index in [2.05, 4.69) is 40.9 Å². The zero-order chi connectivity index (χ0) is 18.3. The molecule has 1 amide bonds. The SMILES string of the molecule is CCCNC(=O)CN=C(NCC)NC1CC(C)(C)Oc2ccccc21. The number of guanidine groups is 1. The summed E-state index contributed by atoms with van der Waals surface area (Å²) in [6.07, 6.45) is 1.73. The van der Waals surface area contributed by atoms with E-state index >= 15 is 0 Å². The molecule has 0 spiro atoms. The highest BCUT2D eigenvalue weighted by Crippen LogP contribution is 2.39. The third-order valence-corrected chi connectivity index (χ3v) is 3.98. The maximum atomic E-state index is 11.8. The molecule has 0 aliphatic carbocycles. The molecule has 1 heterocycles. The van der Waals surface area contributed by atoms with Crippen LogP contribution in [-0.2, 0) is 4.79 Å². The van der Waals surface area contributed by atoms with Crippen LogP contribution in [0.5, 0.6) is 5.75 Å². The predicted molar refractivity (Wildman–Crippen MR) is 101 cm³/mol. The van der Waals surface area contributed by atoms with Crippen molar-refractivity contribution in [3.05, 3.63) is 29.8 Å². The third-order valence-electron chi connectivity index (χ3n) is 3.98. The molecule has 1 aliphatic heterocycles. The third kappa shape index (κ3) is 5.66. The van der Waals surface area contributed by atoms with E-state index < -0.39 is 0 Å². The molecule has 1 aromatic carbocycles. The highest BCUT2D eigenvalue weighted by molar-refractivity contribution is 5.85. The second-order valence-corrected chi connectivity index (χ2v) is 6.85. The van der Waals surface area contributed by atoms with Crippen LogP contribution in [0.2, 0.25) is 0 Å². The van der Waals surface area contributed by atoms with Gasteiger partial charge in [-0.1, -0.05) is 25.1 Å². The average molecular weight is 346 g/mol. The molecule has 6 nitrogen and oxygen atoms in total. The van der Waals surface area contributed by atoms with Crippen LogP contribution in [0, 0.1) is 0 Å². The van der Waals surface area contributed by atoms with Gasteiger partial charge in [-0.05, 0) is 33.3 Å². The summed E-state index contributed by atoms with van der Waals surface area (Å²) >= 11 is 0. The number of hydrogen-bond donors (Lipinski definition) is 3. The van der Waals surface area contributed by atoms with E-state index in [0.29, 0.717) is 12.5 Å². The Morgan fingerprint density at radius 3 is 2.76 bits per heavy atom. The first-order valence-electron chi connectivity index (χ1n) is 9.04. The zero-order valence-electron chi connectivity index (χ0n) is 15.7. The van der Waals surface area contributed by atoms with E-state index in [1.807, 2.05) is 32.0 Å². The Morgan fingerprint density at radius 1 is 1.28 bits per heavy atom. The first-order valence-corrected chi connectivity index (χ1v) is 9.04. The Bertz CT molecular complexity index is 613. The normalized spacial score (nSPS) is 18.7. The Hall–Kier alpha value is -2.24. The fourth-order valence-corrected chi connectivity index (χ4v) is 2.89. The Kier molecular flexibility index (Phi) is 6.67. The summed E-state index contributed by atoms with van der Waals surface area (Å²) in [5.41, 5.74) is 0.852. The van der Waals surface area contributed by atoms with Gasteiger partial charge in [-0.25, -0.2) is 4.99 Å². The predicted octanol–water partition coefficient (Wildman–Crippen LogP) is 2.37. The maximum absolute atomic E-state index is 11.8. The molecule has 1 aromatic rings. The number of rotatable bonds is 6. The number of carbonyl (C=O) groups excluding carboxylic acids is 1. The highest BCUT2D eigenvalue weighted by Gasteiger charge is 2.33. The van der Waals surface area contributed by atoms with Crippen LogP contribution in [0.4, 0.5) is 0 Å². The summed E-state index contributed by atoms with van der Waals surface area (Å²) in [7, 11) is 0. The van der Waals surface area contributed by atoms with E-state index in [0.717, 1.165) is 30.7 Å². The Balaban J connectivity index is 2.11. The lowest BCUT2D eigenvalue weighted by Crippen LogP contribution is -2.45. The lowest BCUT2D eigenvalue weighted by Gasteiger charge is -2.38. The van der Waals surface area contributed by atoms with Crippen LogP contribution in [0.1, 0.15) is 52.1 Å². The van der Waals surface area contributed by atoms with E-state index in [9.17, 15) is 4.79 Å². The largest absolute Gasteiger partial charge is 0.487 e. The Labute approximate surface area is 150 Å². The summed E-state index contributed by atoms with van der Waals surface area (Å²) in [4.78, 5) is 16.2. The minimum atomic E-state index is -0.262. The van der Waals surface area contributed by atoms with E-state index in [4.69, 9.17) is 4.74 Å². The summed E-state index contributed by atoms with van der Waals surface area (Å²) < 4.78 is 6.07. The second-order valence-electron chi connectivity index (χ2n) is 6.85. The van der Waals surface area contributed by atoms with Crippen LogP contribution in [0.3, 0.4) is 0 Å². The molecule has 0 radical (unpaired) electrons. The number of aliphatic imine (C=N–C) groups is 1.